The van der Waals surface area contributed by atoms with Crippen molar-refractivity contribution >= 4 is 28.3 Å². The van der Waals surface area contributed by atoms with Crippen LogP contribution in [0.5, 0.6) is 0 Å². The molecule has 0 N–H and O–H groups in total. The van der Waals surface area contributed by atoms with Crippen LogP contribution < -0.4 is 4.90 Å². The predicted octanol–water partition coefficient (Wildman–Crippen LogP) is 3.85. The molecule has 3 aliphatic carbocycles. The number of anilines is 1. The molecule has 2 bridgehead atoms. The van der Waals surface area contributed by atoms with Gasteiger partial charge in [-0.25, -0.2) is 4.90 Å². The van der Waals surface area contributed by atoms with Crippen LogP contribution in [0.2, 0.25) is 0 Å². The van der Waals surface area contributed by atoms with E-state index in [1.165, 1.54) is 4.90 Å². The zero-order valence-corrected chi connectivity index (χ0v) is 13.6. The number of rotatable bonds is 1. The fraction of sp³-hybridized carbons (Fsp3) is 0.333. The van der Waals surface area contributed by atoms with Gasteiger partial charge in [0.1, 0.15) is 0 Å². The number of amides is 2. The van der Waals surface area contributed by atoms with Crippen LogP contribution in [0.1, 0.15) is 18.4 Å². The minimum atomic E-state index is -0.153. The van der Waals surface area contributed by atoms with Gasteiger partial charge in [0.25, 0.3) is 0 Å². The number of allylic oxidation sites excluding steroid dienone is 2. The number of hydrogen-bond acceptors (Lipinski definition) is 2. The fourth-order valence-electron chi connectivity index (χ4n) is 4.96. The first-order chi connectivity index (χ1) is 11.7. The molecule has 2 amide bonds. The average Bonchev–Trinajstić information content (AvgIpc) is 2.90. The molecule has 1 aliphatic heterocycles. The highest BCUT2D eigenvalue weighted by Crippen LogP contribution is 2.51. The van der Waals surface area contributed by atoms with Gasteiger partial charge in [-0.3, -0.25) is 9.59 Å². The first kappa shape index (κ1) is 14.0. The lowest BCUT2D eigenvalue weighted by Crippen LogP contribution is -2.38. The molecule has 0 unspecified atom stereocenters. The van der Waals surface area contributed by atoms with Crippen molar-refractivity contribution in [1.29, 1.82) is 0 Å². The lowest BCUT2D eigenvalue weighted by molar-refractivity contribution is -0.124. The van der Waals surface area contributed by atoms with Crippen molar-refractivity contribution in [1.82, 2.24) is 0 Å². The molecule has 4 atom stereocenters. The molecule has 1 saturated heterocycles. The summed E-state index contributed by atoms with van der Waals surface area (Å²) in [4.78, 5) is 27.9. The number of imide groups is 1. The first-order valence-electron chi connectivity index (χ1n) is 8.71. The second kappa shape index (κ2) is 4.79. The summed E-state index contributed by atoms with van der Waals surface area (Å²) in [6.45, 7) is 1.98. The van der Waals surface area contributed by atoms with E-state index in [1.807, 2.05) is 37.3 Å². The Morgan fingerprint density at radius 1 is 0.875 bits per heavy atom. The molecular formula is C21H19NO2. The average molecular weight is 317 g/mol. The van der Waals surface area contributed by atoms with Gasteiger partial charge in [-0.05, 0) is 42.6 Å². The molecule has 1 heterocycles. The molecule has 120 valence electrons. The number of carbonyl (C=O) groups excluding carboxylic acids is 2. The maximum Gasteiger partial charge on any atom is 0.238 e. The quantitative estimate of drug-likeness (QED) is 0.592. The monoisotopic (exact) mass is 317 g/mol. The van der Waals surface area contributed by atoms with Gasteiger partial charge in [-0.15, -0.1) is 0 Å². The van der Waals surface area contributed by atoms with Gasteiger partial charge in [0, 0.05) is 5.39 Å². The van der Waals surface area contributed by atoms with Crippen LogP contribution in [0.25, 0.3) is 10.8 Å². The van der Waals surface area contributed by atoms with Crippen LogP contribution in [0.4, 0.5) is 5.69 Å². The summed E-state index contributed by atoms with van der Waals surface area (Å²) in [5.74, 6) is 0.166. The van der Waals surface area contributed by atoms with Crippen LogP contribution in [-0.2, 0) is 9.59 Å². The molecule has 4 aliphatic rings. The lowest BCUT2D eigenvalue weighted by atomic mass is 9.63. The van der Waals surface area contributed by atoms with E-state index >= 15 is 0 Å². The summed E-state index contributed by atoms with van der Waals surface area (Å²) < 4.78 is 0. The van der Waals surface area contributed by atoms with Gasteiger partial charge >= 0.3 is 0 Å². The first-order valence-corrected chi connectivity index (χ1v) is 8.71. The molecule has 2 aromatic carbocycles. The minimum absolute atomic E-state index is 0.00324. The van der Waals surface area contributed by atoms with Crippen LogP contribution >= 0.6 is 0 Å². The summed E-state index contributed by atoms with van der Waals surface area (Å²) in [6, 6.07) is 12.0. The van der Waals surface area contributed by atoms with Crippen LogP contribution in [-0.4, -0.2) is 11.8 Å². The highest BCUT2D eigenvalue weighted by Gasteiger charge is 2.57. The highest BCUT2D eigenvalue weighted by molar-refractivity contribution is 6.25. The number of benzene rings is 2. The molecule has 0 spiro atoms. The molecule has 6 rings (SSSR count). The maximum atomic E-state index is 13.2. The smallest absolute Gasteiger partial charge is 0.238 e. The second-order valence-electron chi connectivity index (χ2n) is 7.31. The molecule has 2 aromatic rings. The Kier molecular flexibility index (Phi) is 2.79. The van der Waals surface area contributed by atoms with Gasteiger partial charge in [-0.1, -0.05) is 48.6 Å². The third kappa shape index (κ3) is 1.67. The highest BCUT2D eigenvalue weighted by atomic mass is 16.2. The van der Waals surface area contributed by atoms with Crippen molar-refractivity contribution in [2.24, 2.45) is 23.7 Å². The van der Waals surface area contributed by atoms with Gasteiger partial charge < -0.3 is 0 Å². The normalized spacial score (nSPS) is 31.1. The Balaban J connectivity index is 1.70. The van der Waals surface area contributed by atoms with Crippen molar-refractivity contribution in [2.45, 2.75) is 19.8 Å². The van der Waals surface area contributed by atoms with Gasteiger partial charge in [0.05, 0.1) is 17.5 Å². The van der Waals surface area contributed by atoms with E-state index in [-0.39, 0.29) is 35.5 Å². The van der Waals surface area contributed by atoms with Gasteiger partial charge in [0.15, 0.2) is 0 Å². The third-order valence-electron chi connectivity index (χ3n) is 6.09. The molecule has 2 fully saturated rings. The number of hydrogen-bond donors (Lipinski definition) is 0. The predicted molar refractivity (Wildman–Crippen MR) is 93.5 cm³/mol. The van der Waals surface area contributed by atoms with E-state index in [0.717, 1.165) is 34.9 Å². The van der Waals surface area contributed by atoms with E-state index in [0.29, 0.717) is 0 Å². The summed E-state index contributed by atoms with van der Waals surface area (Å²) in [5, 5.41) is 2.05. The fourth-order valence-corrected chi connectivity index (χ4v) is 4.96. The summed E-state index contributed by atoms with van der Waals surface area (Å²) in [6.07, 6.45) is 6.40. The topological polar surface area (TPSA) is 37.4 Å². The van der Waals surface area contributed by atoms with Crippen molar-refractivity contribution < 1.29 is 9.59 Å². The third-order valence-corrected chi connectivity index (χ3v) is 6.09. The Morgan fingerprint density at radius 2 is 1.50 bits per heavy atom. The summed E-state index contributed by atoms with van der Waals surface area (Å²) in [7, 11) is 0. The molecular weight excluding hydrogens is 298 g/mol. The van der Waals surface area contributed by atoms with E-state index in [2.05, 4.69) is 18.2 Å². The molecule has 1 saturated carbocycles. The number of carbonyl (C=O) groups is 2. The van der Waals surface area contributed by atoms with E-state index < -0.39 is 0 Å². The molecule has 3 heteroatoms. The van der Waals surface area contributed by atoms with Crippen molar-refractivity contribution in [3.8, 4) is 0 Å². The van der Waals surface area contributed by atoms with Gasteiger partial charge in [-0.2, -0.15) is 0 Å². The SMILES string of the molecule is Cc1ccc2ccccc2c1N1C(=O)[C@@H]2[C@H](C1=O)[C@@H]1C=C[C@H]2CC1. The standard InChI is InChI=1S/C21H19NO2/c1-12-6-7-13-4-2-3-5-16(13)19(12)22-20(23)17-14-8-9-15(11-10-14)18(17)21(22)24/h2-9,14-15,17-18H,10-11H2,1H3/t14-,15+,17-,18+. The minimum Gasteiger partial charge on any atom is -0.274 e. The summed E-state index contributed by atoms with van der Waals surface area (Å²) in [5.41, 5.74) is 1.77. The Morgan fingerprint density at radius 3 is 2.12 bits per heavy atom. The van der Waals surface area contributed by atoms with Crippen LogP contribution in [0.3, 0.4) is 0 Å². The van der Waals surface area contributed by atoms with E-state index in [9.17, 15) is 9.59 Å². The second-order valence-corrected chi connectivity index (χ2v) is 7.31. The number of nitrogens with zero attached hydrogens (tertiary/aromatic N) is 1. The number of fused-ring (bicyclic) bond motifs is 2. The van der Waals surface area contributed by atoms with Crippen LogP contribution in [0.15, 0.2) is 48.6 Å². The zero-order chi connectivity index (χ0) is 16.4. The van der Waals surface area contributed by atoms with Crippen molar-refractivity contribution in [3.63, 3.8) is 0 Å². The maximum absolute atomic E-state index is 13.2. The number of aryl methyl sites for hydroxylation is 1. The van der Waals surface area contributed by atoms with Crippen molar-refractivity contribution in [3.05, 3.63) is 54.1 Å². The van der Waals surface area contributed by atoms with Gasteiger partial charge in [0.2, 0.25) is 11.8 Å². The van der Waals surface area contributed by atoms with E-state index in [1.54, 1.807) is 0 Å². The largest absolute Gasteiger partial charge is 0.274 e. The molecule has 0 radical (unpaired) electrons. The molecule has 3 nitrogen and oxygen atoms in total. The van der Waals surface area contributed by atoms with Crippen LogP contribution in [0, 0.1) is 30.6 Å². The lowest BCUT2D eigenvalue weighted by Gasteiger charge is -2.38. The Hall–Kier alpha value is -2.42. The summed E-state index contributed by atoms with van der Waals surface area (Å²) >= 11 is 0. The zero-order valence-electron chi connectivity index (χ0n) is 13.6. The Labute approximate surface area is 141 Å². The molecule has 24 heavy (non-hydrogen) atoms. The van der Waals surface area contributed by atoms with E-state index in [4.69, 9.17) is 0 Å². The molecule has 0 aromatic heterocycles. The Bertz CT molecular complexity index is 881. The van der Waals surface area contributed by atoms with Crippen molar-refractivity contribution in [2.75, 3.05) is 4.90 Å².